The lowest BCUT2D eigenvalue weighted by Crippen LogP contribution is -2.30. The van der Waals surface area contributed by atoms with E-state index in [2.05, 4.69) is 10.3 Å². The molecular formula is C10H14F3N3. The van der Waals surface area contributed by atoms with Crippen LogP contribution in [-0.2, 0) is 6.42 Å². The first-order valence-corrected chi connectivity index (χ1v) is 5.35. The summed E-state index contributed by atoms with van der Waals surface area (Å²) in [5, 5.41) is 3.19. The summed E-state index contributed by atoms with van der Waals surface area (Å²) in [6, 6.07) is 0.154. The zero-order chi connectivity index (χ0) is 11.6. The van der Waals surface area contributed by atoms with Gasteiger partial charge in [-0.2, -0.15) is 13.2 Å². The third kappa shape index (κ3) is 2.75. The molecular weight excluding hydrogens is 219 g/mol. The molecule has 2 heterocycles. The average Bonchev–Trinajstić information content (AvgIpc) is 2.64. The second kappa shape index (κ2) is 4.45. The van der Waals surface area contributed by atoms with Crippen LogP contribution in [-0.4, -0.2) is 28.8 Å². The van der Waals surface area contributed by atoms with Crippen LogP contribution >= 0.6 is 0 Å². The maximum atomic E-state index is 12.3. The first-order valence-electron chi connectivity index (χ1n) is 5.35. The van der Waals surface area contributed by atoms with Crippen molar-refractivity contribution in [3.8, 4) is 0 Å². The highest BCUT2D eigenvalue weighted by Crippen LogP contribution is 2.25. The van der Waals surface area contributed by atoms with Crippen molar-refractivity contribution in [1.29, 1.82) is 0 Å². The van der Waals surface area contributed by atoms with Crippen molar-refractivity contribution >= 4 is 0 Å². The van der Waals surface area contributed by atoms with E-state index in [0.717, 1.165) is 25.9 Å². The number of alkyl halides is 3. The Hall–Kier alpha value is -1.04. The lowest BCUT2D eigenvalue weighted by Gasteiger charge is -2.25. The van der Waals surface area contributed by atoms with Gasteiger partial charge in [-0.05, 0) is 25.9 Å². The minimum atomic E-state index is -4.18. The number of nitrogens with one attached hydrogen (secondary N) is 1. The van der Waals surface area contributed by atoms with E-state index in [-0.39, 0.29) is 11.9 Å². The van der Waals surface area contributed by atoms with Crippen LogP contribution in [0.25, 0.3) is 0 Å². The van der Waals surface area contributed by atoms with Crippen LogP contribution in [0.3, 0.4) is 0 Å². The number of nitrogens with zero attached hydrogens (tertiary/aromatic N) is 2. The fourth-order valence-corrected chi connectivity index (χ4v) is 2.08. The molecule has 0 unspecified atom stereocenters. The average molecular weight is 233 g/mol. The van der Waals surface area contributed by atoms with E-state index in [0.29, 0.717) is 0 Å². The Morgan fingerprint density at radius 1 is 1.38 bits per heavy atom. The summed E-state index contributed by atoms with van der Waals surface area (Å²) < 4.78 is 38.6. The number of halogens is 3. The Balaban J connectivity index is 2.11. The van der Waals surface area contributed by atoms with Crippen LogP contribution in [0, 0.1) is 0 Å². The first kappa shape index (κ1) is 11.4. The number of piperidine rings is 1. The molecule has 1 aromatic rings. The third-order valence-corrected chi connectivity index (χ3v) is 2.81. The number of imidazole rings is 1. The smallest absolute Gasteiger partial charge is 0.332 e. The maximum Gasteiger partial charge on any atom is 0.396 e. The number of aromatic nitrogens is 2. The molecule has 0 bridgehead atoms. The lowest BCUT2D eigenvalue weighted by molar-refractivity contribution is -0.129. The van der Waals surface area contributed by atoms with Crippen molar-refractivity contribution in [2.75, 3.05) is 13.1 Å². The van der Waals surface area contributed by atoms with Crippen LogP contribution in [0.1, 0.15) is 24.7 Å². The highest BCUT2D eigenvalue weighted by molar-refractivity contribution is 4.98. The fraction of sp³-hybridized carbons (Fsp3) is 0.700. The summed E-state index contributed by atoms with van der Waals surface area (Å²) in [7, 11) is 0. The number of hydrogen-bond donors (Lipinski definition) is 1. The van der Waals surface area contributed by atoms with Crippen molar-refractivity contribution in [1.82, 2.24) is 14.9 Å². The predicted molar refractivity (Wildman–Crippen MR) is 53.1 cm³/mol. The van der Waals surface area contributed by atoms with E-state index in [1.54, 1.807) is 10.8 Å². The van der Waals surface area contributed by atoms with Gasteiger partial charge in [-0.3, -0.25) is 0 Å². The summed E-state index contributed by atoms with van der Waals surface area (Å²) in [4.78, 5) is 3.80. The Morgan fingerprint density at radius 2 is 2.06 bits per heavy atom. The third-order valence-electron chi connectivity index (χ3n) is 2.81. The van der Waals surface area contributed by atoms with Crippen molar-refractivity contribution in [3.63, 3.8) is 0 Å². The molecule has 1 N–H and O–H groups in total. The standard InChI is InChI=1S/C10H14F3N3/c11-10(12,13)7-9-15-5-6-16(9)8-1-3-14-4-2-8/h5-6,8,14H,1-4,7H2. The normalized spacial score (nSPS) is 18.9. The minimum Gasteiger partial charge on any atom is -0.332 e. The van der Waals surface area contributed by atoms with Crippen molar-refractivity contribution in [2.45, 2.75) is 31.5 Å². The van der Waals surface area contributed by atoms with Gasteiger partial charge in [0.15, 0.2) is 0 Å². The molecule has 0 aliphatic carbocycles. The Labute approximate surface area is 91.7 Å². The van der Waals surface area contributed by atoms with Gasteiger partial charge in [0, 0.05) is 18.4 Å². The molecule has 1 aliphatic heterocycles. The van der Waals surface area contributed by atoms with Crippen molar-refractivity contribution < 1.29 is 13.2 Å². The van der Waals surface area contributed by atoms with Gasteiger partial charge >= 0.3 is 6.18 Å². The summed E-state index contributed by atoms with van der Waals surface area (Å²) in [6.07, 6.45) is -0.303. The molecule has 3 nitrogen and oxygen atoms in total. The maximum absolute atomic E-state index is 12.3. The molecule has 0 aromatic carbocycles. The van der Waals surface area contributed by atoms with E-state index in [9.17, 15) is 13.2 Å². The largest absolute Gasteiger partial charge is 0.396 e. The fourth-order valence-electron chi connectivity index (χ4n) is 2.08. The van der Waals surface area contributed by atoms with Crippen LogP contribution in [0.2, 0.25) is 0 Å². The van der Waals surface area contributed by atoms with Crippen molar-refractivity contribution in [3.05, 3.63) is 18.2 Å². The molecule has 0 atom stereocenters. The second-order valence-electron chi connectivity index (χ2n) is 4.02. The molecule has 0 radical (unpaired) electrons. The zero-order valence-electron chi connectivity index (χ0n) is 8.80. The molecule has 1 aliphatic rings. The van der Waals surface area contributed by atoms with Crippen molar-refractivity contribution in [2.24, 2.45) is 0 Å². The predicted octanol–water partition coefficient (Wildman–Crippen LogP) is 1.91. The Bertz CT molecular complexity index is 339. The summed E-state index contributed by atoms with van der Waals surface area (Å²) >= 11 is 0. The molecule has 16 heavy (non-hydrogen) atoms. The highest BCUT2D eigenvalue weighted by Gasteiger charge is 2.31. The van der Waals surface area contributed by atoms with Crippen LogP contribution in [0.5, 0.6) is 0 Å². The number of hydrogen-bond acceptors (Lipinski definition) is 2. The van der Waals surface area contributed by atoms with Gasteiger partial charge in [0.05, 0.1) is 0 Å². The van der Waals surface area contributed by atoms with Crippen LogP contribution < -0.4 is 5.32 Å². The minimum absolute atomic E-state index is 0.124. The first-order chi connectivity index (χ1) is 7.56. The van der Waals surface area contributed by atoms with E-state index >= 15 is 0 Å². The molecule has 0 spiro atoms. The summed E-state index contributed by atoms with van der Waals surface area (Å²) in [5.74, 6) is 0.124. The quantitative estimate of drug-likeness (QED) is 0.845. The highest BCUT2D eigenvalue weighted by atomic mass is 19.4. The molecule has 6 heteroatoms. The Morgan fingerprint density at radius 3 is 2.69 bits per heavy atom. The Kier molecular flexibility index (Phi) is 3.18. The van der Waals surface area contributed by atoms with Gasteiger partial charge in [-0.1, -0.05) is 0 Å². The summed E-state index contributed by atoms with van der Waals surface area (Å²) in [5.41, 5.74) is 0. The SMILES string of the molecule is FC(F)(F)Cc1nccn1C1CCNCC1. The van der Waals surface area contributed by atoms with Gasteiger partial charge in [-0.15, -0.1) is 0 Å². The molecule has 1 aromatic heterocycles. The monoisotopic (exact) mass is 233 g/mol. The molecule has 1 fully saturated rings. The second-order valence-corrected chi connectivity index (χ2v) is 4.02. The lowest BCUT2D eigenvalue weighted by atomic mass is 10.1. The van der Waals surface area contributed by atoms with Gasteiger partial charge in [-0.25, -0.2) is 4.98 Å². The van der Waals surface area contributed by atoms with E-state index in [1.807, 2.05) is 0 Å². The van der Waals surface area contributed by atoms with Crippen LogP contribution in [0.4, 0.5) is 13.2 Å². The molecule has 1 saturated heterocycles. The van der Waals surface area contributed by atoms with Gasteiger partial charge < -0.3 is 9.88 Å². The molecule has 0 amide bonds. The summed E-state index contributed by atoms with van der Waals surface area (Å²) in [6.45, 7) is 1.71. The van der Waals surface area contributed by atoms with Gasteiger partial charge in [0.25, 0.3) is 0 Å². The molecule has 2 rings (SSSR count). The van der Waals surface area contributed by atoms with Gasteiger partial charge in [0.2, 0.25) is 0 Å². The van der Waals surface area contributed by atoms with E-state index in [4.69, 9.17) is 0 Å². The number of rotatable bonds is 2. The topological polar surface area (TPSA) is 29.9 Å². The van der Waals surface area contributed by atoms with E-state index in [1.165, 1.54) is 6.20 Å². The molecule has 0 saturated carbocycles. The van der Waals surface area contributed by atoms with Crippen LogP contribution in [0.15, 0.2) is 12.4 Å². The van der Waals surface area contributed by atoms with E-state index < -0.39 is 12.6 Å². The van der Waals surface area contributed by atoms with Gasteiger partial charge in [0.1, 0.15) is 12.2 Å². The molecule has 90 valence electrons. The zero-order valence-corrected chi connectivity index (χ0v) is 8.80.